The fourth-order valence-corrected chi connectivity index (χ4v) is 2.35. The van der Waals surface area contributed by atoms with Crippen LogP contribution in [-0.4, -0.2) is 25.4 Å². The minimum Gasteiger partial charge on any atom is -0.358 e. The van der Waals surface area contributed by atoms with Gasteiger partial charge >= 0.3 is 0 Å². The van der Waals surface area contributed by atoms with Crippen molar-refractivity contribution in [3.05, 3.63) is 35.9 Å². The summed E-state index contributed by atoms with van der Waals surface area (Å²) in [7, 11) is 1.56. The quantitative estimate of drug-likeness (QED) is 0.831. The van der Waals surface area contributed by atoms with Gasteiger partial charge in [0, 0.05) is 7.05 Å². The number of carbonyl (C=O) groups is 2. The lowest BCUT2D eigenvalue weighted by molar-refractivity contribution is -0.132. The predicted octanol–water partition coefficient (Wildman–Crippen LogP) is 0.971. The maximum Gasteiger partial charge on any atom is 0.239 e. The van der Waals surface area contributed by atoms with Crippen LogP contribution in [0.4, 0.5) is 0 Å². The maximum atomic E-state index is 12.3. The molecule has 0 aliphatic heterocycles. The summed E-state index contributed by atoms with van der Waals surface area (Å²) >= 11 is 0. The molecule has 1 fully saturated rings. The first-order valence-electron chi connectivity index (χ1n) is 6.23. The Hall–Kier alpha value is -1.84. The molecule has 18 heavy (non-hydrogen) atoms. The van der Waals surface area contributed by atoms with Crippen LogP contribution in [-0.2, 0) is 15.0 Å². The van der Waals surface area contributed by atoms with Crippen LogP contribution in [0.15, 0.2) is 30.3 Å². The van der Waals surface area contributed by atoms with Gasteiger partial charge in [-0.2, -0.15) is 0 Å². The lowest BCUT2D eigenvalue weighted by atomic mass is 9.64. The maximum absolute atomic E-state index is 12.3. The highest BCUT2D eigenvalue weighted by molar-refractivity contribution is 5.92. The van der Waals surface area contributed by atoms with E-state index in [1.54, 1.807) is 7.05 Å². The molecule has 0 unspecified atom stereocenters. The molecule has 0 atom stereocenters. The van der Waals surface area contributed by atoms with E-state index in [1.807, 2.05) is 30.3 Å². The van der Waals surface area contributed by atoms with Gasteiger partial charge in [0.25, 0.3) is 0 Å². The molecule has 1 aliphatic carbocycles. The van der Waals surface area contributed by atoms with E-state index in [0.29, 0.717) is 0 Å². The van der Waals surface area contributed by atoms with Crippen LogP contribution in [0.25, 0.3) is 0 Å². The van der Waals surface area contributed by atoms with Crippen molar-refractivity contribution >= 4 is 11.8 Å². The second kappa shape index (κ2) is 5.21. The standard InChI is InChI=1S/C14H18N2O2/c1-15-12(17)10-16-13(18)14(8-5-9-14)11-6-3-2-4-7-11/h2-4,6-7H,5,8-10H2,1H3,(H,15,17)(H,16,18). The van der Waals surface area contributed by atoms with Crippen LogP contribution >= 0.6 is 0 Å². The Morgan fingerprint density at radius 2 is 1.89 bits per heavy atom. The Kier molecular flexibility index (Phi) is 3.65. The molecule has 1 saturated carbocycles. The number of nitrogens with one attached hydrogen (secondary N) is 2. The Morgan fingerprint density at radius 3 is 2.39 bits per heavy atom. The van der Waals surface area contributed by atoms with E-state index < -0.39 is 5.41 Å². The summed E-state index contributed by atoms with van der Waals surface area (Å²) in [6.07, 6.45) is 2.77. The molecule has 2 N–H and O–H groups in total. The van der Waals surface area contributed by atoms with Crippen molar-refractivity contribution in [1.82, 2.24) is 10.6 Å². The summed E-state index contributed by atoms with van der Waals surface area (Å²) in [4.78, 5) is 23.4. The van der Waals surface area contributed by atoms with Crippen molar-refractivity contribution in [1.29, 1.82) is 0 Å². The Morgan fingerprint density at radius 1 is 1.22 bits per heavy atom. The van der Waals surface area contributed by atoms with Crippen LogP contribution in [0.2, 0.25) is 0 Å². The van der Waals surface area contributed by atoms with Crippen molar-refractivity contribution in [2.75, 3.05) is 13.6 Å². The molecule has 1 aromatic carbocycles. The number of hydrogen-bond acceptors (Lipinski definition) is 2. The molecule has 96 valence electrons. The molecular weight excluding hydrogens is 228 g/mol. The van der Waals surface area contributed by atoms with E-state index in [2.05, 4.69) is 10.6 Å². The molecular formula is C14H18N2O2. The molecule has 2 amide bonds. The highest BCUT2D eigenvalue weighted by Crippen LogP contribution is 2.43. The van der Waals surface area contributed by atoms with Crippen molar-refractivity contribution in [3.8, 4) is 0 Å². The van der Waals surface area contributed by atoms with E-state index in [-0.39, 0.29) is 18.4 Å². The molecule has 0 bridgehead atoms. The highest BCUT2D eigenvalue weighted by Gasteiger charge is 2.45. The third-order valence-corrected chi connectivity index (χ3v) is 3.66. The molecule has 2 rings (SSSR count). The largest absolute Gasteiger partial charge is 0.358 e. The first-order chi connectivity index (χ1) is 8.69. The van der Waals surface area contributed by atoms with Gasteiger partial charge in [0.15, 0.2) is 0 Å². The fourth-order valence-electron chi connectivity index (χ4n) is 2.35. The number of benzene rings is 1. The SMILES string of the molecule is CNC(=O)CNC(=O)C1(c2ccccc2)CCC1. The Bertz CT molecular complexity index is 438. The zero-order valence-corrected chi connectivity index (χ0v) is 10.5. The van der Waals surface area contributed by atoms with E-state index in [1.165, 1.54) is 0 Å². The van der Waals surface area contributed by atoms with Gasteiger partial charge in [0.05, 0.1) is 12.0 Å². The molecule has 0 saturated heterocycles. The number of rotatable bonds is 4. The van der Waals surface area contributed by atoms with Gasteiger partial charge in [-0.25, -0.2) is 0 Å². The highest BCUT2D eigenvalue weighted by atomic mass is 16.2. The molecule has 0 spiro atoms. The van der Waals surface area contributed by atoms with Gasteiger partial charge in [0.1, 0.15) is 0 Å². The zero-order chi connectivity index (χ0) is 13.0. The summed E-state index contributed by atoms with van der Waals surface area (Å²) < 4.78 is 0. The monoisotopic (exact) mass is 246 g/mol. The summed E-state index contributed by atoms with van der Waals surface area (Å²) in [5, 5.41) is 5.22. The zero-order valence-electron chi connectivity index (χ0n) is 10.5. The number of hydrogen-bond donors (Lipinski definition) is 2. The topological polar surface area (TPSA) is 58.2 Å². The van der Waals surface area contributed by atoms with Crippen LogP contribution in [0, 0.1) is 0 Å². The van der Waals surface area contributed by atoms with Gasteiger partial charge < -0.3 is 10.6 Å². The normalized spacial score (nSPS) is 16.5. The van der Waals surface area contributed by atoms with Crippen LogP contribution in [0.1, 0.15) is 24.8 Å². The van der Waals surface area contributed by atoms with Crippen molar-refractivity contribution in [3.63, 3.8) is 0 Å². The summed E-state index contributed by atoms with van der Waals surface area (Å²) in [6, 6.07) is 9.80. The first-order valence-corrected chi connectivity index (χ1v) is 6.23. The number of likely N-dealkylation sites (N-methyl/N-ethyl adjacent to an activating group) is 1. The molecule has 0 radical (unpaired) electrons. The van der Waals surface area contributed by atoms with E-state index in [0.717, 1.165) is 24.8 Å². The van der Waals surface area contributed by atoms with Crippen LogP contribution < -0.4 is 10.6 Å². The third kappa shape index (κ3) is 2.23. The fraction of sp³-hybridized carbons (Fsp3) is 0.429. The van der Waals surface area contributed by atoms with Crippen molar-refractivity contribution in [2.45, 2.75) is 24.7 Å². The van der Waals surface area contributed by atoms with Crippen molar-refractivity contribution in [2.24, 2.45) is 0 Å². The van der Waals surface area contributed by atoms with Gasteiger partial charge in [-0.05, 0) is 18.4 Å². The first kappa shape index (κ1) is 12.6. The van der Waals surface area contributed by atoms with Gasteiger partial charge in [0.2, 0.25) is 11.8 Å². The van der Waals surface area contributed by atoms with Crippen molar-refractivity contribution < 1.29 is 9.59 Å². The molecule has 0 heterocycles. The number of carbonyl (C=O) groups excluding carboxylic acids is 2. The molecule has 4 heteroatoms. The van der Waals surface area contributed by atoms with Gasteiger partial charge in [-0.15, -0.1) is 0 Å². The summed E-state index contributed by atoms with van der Waals surface area (Å²) in [5.41, 5.74) is 0.626. The average molecular weight is 246 g/mol. The lowest BCUT2D eigenvalue weighted by Crippen LogP contribution is -2.51. The molecule has 0 aromatic heterocycles. The van der Waals surface area contributed by atoms with Gasteiger partial charge in [-0.1, -0.05) is 36.8 Å². The average Bonchev–Trinajstić information content (AvgIpc) is 2.36. The third-order valence-electron chi connectivity index (χ3n) is 3.66. The lowest BCUT2D eigenvalue weighted by Gasteiger charge is -2.40. The Balaban J connectivity index is 2.09. The predicted molar refractivity (Wildman–Crippen MR) is 69.0 cm³/mol. The second-order valence-electron chi connectivity index (χ2n) is 4.66. The minimum absolute atomic E-state index is 0.0384. The van der Waals surface area contributed by atoms with E-state index in [4.69, 9.17) is 0 Å². The molecule has 1 aromatic rings. The number of amides is 2. The molecule has 4 nitrogen and oxygen atoms in total. The second-order valence-corrected chi connectivity index (χ2v) is 4.66. The van der Waals surface area contributed by atoms with Crippen LogP contribution in [0.3, 0.4) is 0 Å². The van der Waals surface area contributed by atoms with Gasteiger partial charge in [-0.3, -0.25) is 9.59 Å². The molecule has 1 aliphatic rings. The summed E-state index contributed by atoms with van der Waals surface area (Å²) in [5.74, 6) is -0.213. The van der Waals surface area contributed by atoms with Crippen LogP contribution in [0.5, 0.6) is 0 Å². The van der Waals surface area contributed by atoms with E-state index in [9.17, 15) is 9.59 Å². The Labute approximate surface area is 107 Å². The van der Waals surface area contributed by atoms with E-state index >= 15 is 0 Å². The smallest absolute Gasteiger partial charge is 0.239 e. The summed E-state index contributed by atoms with van der Waals surface area (Å²) in [6.45, 7) is 0.0456. The minimum atomic E-state index is -0.421.